The van der Waals surface area contributed by atoms with Crippen LogP contribution in [-0.4, -0.2) is 33.6 Å². The minimum atomic E-state index is -4.43. The number of carbonyl (C=O) groups excluding carboxylic acids is 1. The zero-order valence-corrected chi connectivity index (χ0v) is 14.0. The van der Waals surface area contributed by atoms with Crippen molar-refractivity contribution in [1.82, 2.24) is 19.9 Å². The van der Waals surface area contributed by atoms with Crippen molar-refractivity contribution in [1.29, 1.82) is 0 Å². The second kappa shape index (κ2) is 6.66. The molecular weight excluding hydrogens is 361 g/mol. The number of nitrogens with zero attached hydrogens (tertiary/aromatic N) is 3. The summed E-state index contributed by atoms with van der Waals surface area (Å²) in [5.74, 6) is 0.208. The number of nitrogens with one attached hydrogen (secondary N) is 1. The molecule has 0 saturated carbocycles. The fourth-order valence-corrected chi connectivity index (χ4v) is 3.14. The Morgan fingerprint density at radius 2 is 2.15 bits per heavy atom. The minimum absolute atomic E-state index is 0.209. The van der Waals surface area contributed by atoms with E-state index >= 15 is 0 Å². The van der Waals surface area contributed by atoms with Crippen molar-refractivity contribution < 1.29 is 22.7 Å². The summed E-state index contributed by atoms with van der Waals surface area (Å²) < 4.78 is 46.1. The maximum atomic E-state index is 12.9. The van der Waals surface area contributed by atoms with Gasteiger partial charge in [0.1, 0.15) is 18.1 Å². The van der Waals surface area contributed by atoms with Gasteiger partial charge < -0.3 is 14.6 Å². The van der Waals surface area contributed by atoms with Crippen LogP contribution in [0.25, 0.3) is 11.0 Å². The standard InChI is InChI=1S/C18H15F3N4O2/c19-18(20,21)11-4-5-15-14(7-11)24-16-10-27-9-12(25(15)16)8-23-17(26)13-3-1-2-6-22-13/h1-7,12H,8-10H2,(H,23,26)/t12-/m0/s1. The largest absolute Gasteiger partial charge is 0.416 e. The van der Waals surface area contributed by atoms with Gasteiger partial charge in [-0.3, -0.25) is 9.78 Å². The van der Waals surface area contributed by atoms with Crippen LogP contribution in [0.1, 0.15) is 27.9 Å². The van der Waals surface area contributed by atoms with Gasteiger partial charge in [0, 0.05) is 12.7 Å². The number of imidazole rings is 1. The van der Waals surface area contributed by atoms with Gasteiger partial charge in [0.2, 0.25) is 0 Å². The number of hydrogen-bond donors (Lipinski definition) is 1. The molecule has 2 aromatic heterocycles. The molecule has 0 unspecified atom stereocenters. The van der Waals surface area contributed by atoms with Crippen molar-refractivity contribution in [3.63, 3.8) is 0 Å². The molecule has 0 aliphatic carbocycles. The number of aromatic nitrogens is 3. The Balaban J connectivity index is 1.60. The molecule has 1 aliphatic heterocycles. The number of carbonyl (C=O) groups is 1. The van der Waals surface area contributed by atoms with E-state index in [0.717, 1.165) is 12.1 Å². The number of rotatable bonds is 3. The molecule has 0 fully saturated rings. The molecule has 1 N–H and O–H groups in total. The molecule has 1 aromatic carbocycles. The third-order valence-electron chi connectivity index (χ3n) is 4.39. The van der Waals surface area contributed by atoms with Crippen LogP contribution in [0.15, 0.2) is 42.6 Å². The lowest BCUT2D eigenvalue weighted by molar-refractivity contribution is -0.137. The molecule has 0 spiro atoms. The Bertz CT molecular complexity index is 985. The Kier molecular flexibility index (Phi) is 4.31. The van der Waals surface area contributed by atoms with Crippen molar-refractivity contribution in [2.45, 2.75) is 18.8 Å². The molecule has 6 nitrogen and oxygen atoms in total. The van der Waals surface area contributed by atoms with E-state index in [9.17, 15) is 18.0 Å². The van der Waals surface area contributed by atoms with Crippen LogP contribution in [0.4, 0.5) is 13.2 Å². The summed E-state index contributed by atoms with van der Waals surface area (Å²) >= 11 is 0. The zero-order chi connectivity index (χ0) is 19.0. The molecule has 1 amide bonds. The van der Waals surface area contributed by atoms with Crippen LogP contribution < -0.4 is 5.32 Å². The van der Waals surface area contributed by atoms with E-state index in [1.807, 2.05) is 4.57 Å². The van der Waals surface area contributed by atoms with Crippen LogP contribution in [0.2, 0.25) is 0 Å². The van der Waals surface area contributed by atoms with Crippen molar-refractivity contribution in [2.24, 2.45) is 0 Å². The molecule has 0 bridgehead atoms. The van der Waals surface area contributed by atoms with Gasteiger partial charge in [-0.1, -0.05) is 6.07 Å². The highest BCUT2D eigenvalue weighted by molar-refractivity contribution is 5.92. The lowest BCUT2D eigenvalue weighted by atomic mass is 10.2. The predicted molar refractivity (Wildman–Crippen MR) is 90.0 cm³/mol. The molecule has 9 heteroatoms. The number of ether oxygens (including phenoxy) is 1. The van der Waals surface area contributed by atoms with Crippen molar-refractivity contribution in [3.8, 4) is 0 Å². The molecule has 27 heavy (non-hydrogen) atoms. The number of amides is 1. The summed E-state index contributed by atoms with van der Waals surface area (Å²) in [5, 5.41) is 2.79. The average Bonchev–Trinajstić information content (AvgIpc) is 3.04. The highest BCUT2D eigenvalue weighted by Crippen LogP contribution is 2.33. The van der Waals surface area contributed by atoms with Crippen LogP contribution in [0.5, 0.6) is 0 Å². The SMILES string of the molecule is O=C(NC[C@H]1COCc2nc3cc(C(F)(F)F)ccc3n21)c1ccccn1. The van der Waals surface area contributed by atoms with Gasteiger partial charge in [0.25, 0.3) is 5.91 Å². The minimum Gasteiger partial charge on any atom is -0.371 e. The number of hydrogen-bond acceptors (Lipinski definition) is 4. The van der Waals surface area contributed by atoms with Crippen LogP contribution in [-0.2, 0) is 17.5 Å². The summed E-state index contributed by atoms with van der Waals surface area (Å²) in [7, 11) is 0. The summed E-state index contributed by atoms with van der Waals surface area (Å²) in [6.45, 7) is 0.775. The van der Waals surface area contributed by atoms with E-state index in [-0.39, 0.29) is 30.6 Å². The number of alkyl halides is 3. The topological polar surface area (TPSA) is 69.0 Å². The van der Waals surface area contributed by atoms with Crippen molar-refractivity contribution >= 4 is 16.9 Å². The van der Waals surface area contributed by atoms with E-state index in [1.165, 1.54) is 12.3 Å². The van der Waals surface area contributed by atoms with Crippen LogP contribution >= 0.6 is 0 Å². The Labute approximate surface area is 152 Å². The average molecular weight is 376 g/mol. The predicted octanol–water partition coefficient (Wildman–Crippen LogP) is 2.95. The Morgan fingerprint density at radius 3 is 2.89 bits per heavy atom. The molecule has 4 rings (SSSR count). The molecule has 3 aromatic rings. The van der Waals surface area contributed by atoms with Gasteiger partial charge in [-0.05, 0) is 30.3 Å². The molecule has 0 saturated heterocycles. The normalized spacial score (nSPS) is 16.9. The summed E-state index contributed by atoms with van der Waals surface area (Å²) in [5.41, 5.74) is 0.385. The first kappa shape index (κ1) is 17.5. The molecule has 1 aliphatic rings. The smallest absolute Gasteiger partial charge is 0.371 e. The molecular formula is C18H15F3N4O2. The monoisotopic (exact) mass is 376 g/mol. The van der Waals surface area contributed by atoms with E-state index in [2.05, 4.69) is 15.3 Å². The van der Waals surface area contributed by atoms with Crippen LogP contribution in [0, 0.1) is 0 Å². The van der Waals surface area contributed by atoms with Crippen molar-refractivity contribution in [2.75, 3.05) is 13.2 Å². The molecule has 140 valence electrons. The highest BCUT2D eigenvalue weighted by atomic mass is 19.4. The van der Waals surface area contributed by atoms with Gasteiger partial charge in [-0.25, -0.2) is 4.98 Å². The Hall–Kier alpha value is -2.94. The Morgan fingerprint density at radius 1 is 1.30 bits per heavy atom. The molecule has 0 radical (unpaired) electrons. The molecule has 1 atom stereocenters. The van der Waals surface area contributed by atoms with Gasteiger partial charge in [0.05, 0.1) is 29.2 Å². The van der Waals surface area contributed by atoms with Gasteiger partial charge >= 0.3 is 6.18 Å². The number of pyridine rings is 1. The van der Waals surface area contributed by atoms with Gasteiger partial charge in [-0.15, -0.1) is 0 Å². The zero-order valence-electron chi connectivity index (χ0n) is 14.0. The second-order valence-corrected chi connectivity index (χ2v) is 6.19. The van der Waals surface area contributed by atoms with Crippen LogP contribution in [0.3, 0.4) is 0 Å². The first-order chi connectivity index (χ1) is 12.9. The van der Waals surface area contributed by atoms with E-state index in [1.54, 1.807) is 18.2 Å². The summed E-state index contributed by atoms with van der Waals surface area (Å²) in [6, 6.07) is 8.23. The number of halogens is 3. The highest BCUT2D eigenvalue weighted by Gasteiger charge is 2.32. The summed E-state index contributed by atoms with van der Waals surface area (Å²) in [6.07, 6.45) is -2.90. The fourth-order valence-electron chi connectivity index (χ4n) is 3.14. The number of benzene rings is 1. The third-order valence-corrected chi connectivity index (χ3v) is 4.39. The second-order valence-electron chi connectivity index (χ2n) is 6.19. The van der Waals surface area contributed by atoms with E-state index in [4.69, 9.17) is 4.74 Å². The maximum Gasteiger partial charge on any atom is 0.416 e. The third kappa shape index (κ3) is 3.37. The van der Waals surface area contributed by atoms with E-state index in [0.29, 0.717) is 23.6 Å². The van der Waals surface area contributed by atoms with Gasteiger partial charge in [0.15, 0.2) is 0 Å². The van der Waals surface area contributed by atoms with Gasteiger partial charge in [-0.2, -0.15) is 13.2 Å². The van der Waals surface area contributed by atoms with E-state index < -0.39 is 11.7 Å². The quantitative estimate of drug-likeness (QED) is 0.763. The summed E-state index contributed by atoms with van der Waals surface area (Å²) in [4.78, 5) is 20.5. The first-order valence-electron chi connectivity index (χ1n) is 8.28. The maximum absolute atomic E-state index is 12.9. The lowest BCUT2D eigenvalue weighted by Crippen LogP contribution is -2.36. The first-order valence-corrected chi connectivity index (χ1v) is 8.28. The van der Waals surface area contributed by atoms with Crippen molar-refractivity contribution in [3.05, 3.63) is 59.7 Å². The fraction of sp³-hybridized carbons (Fsp3) is 0.278. The molecule has 3 heterocycles. The number of fused-ring (bicyclic) bond motifs is 3. The lowest BCUT2D eigenvalue weighted by Gasteiger charge is -2.26.